The van der Waals surface area contributed by atoms with Gasteiger partial charge in [-0.05, 0) is 42.6 Å². The Morgan fingerprint density at radius 1 is 1.16 bits per heavy atom. The molecule has 0 aliphatic rings. The maximum absolute atomic E-state index is 8.99. The number of hydrogen-bond donors (Lipinski definition) is 2. The summed E-state index contributed by atoms with van der Waals surface area (Å²) >= 11 is 0. The second-order valence-corrected chi connectivity index (χ2v) is 4.69. The molecule has 1 aromatic carbocycles. The van der Waals surface area contributed by atoms with Crippen molar-refractivity contribution in [3.63, 3.8) is 0 Å². The number of nitrogens with one attached hydrogen (secondary N) is 1. The van der Waals surface area contributed by atoms with Gasteiger partial charge < -0.3 is 10.4 Å². The summed E-state index contributed by atoms with van der Waals surface area (Å²) < 4.78 is 0. The Balaban J connectivity index is 1.79. The number of pyridine rings is 1. The van der Waals surface area contributed by atoms with Gasteiger partial charge in [0.1, 0.15) is 0 Å². The summed E-state index contributed by atoms with van der Waals surface area (Å²) in [5.41, 5.74) is 3.45. The van der Waals surface area contributed by atoms with Gasteiger partial charge in [0.15, 0.2) is 0 Å². The van der Waals surface area contributed by atoms with Crippen LogP contribution in [0.5, 0.6) is 0 Å². The highest BCUT2D eigenvalue weighted by atomic mass is 16.3. The van der Waals surface area contributed by atoms with E-state index in [1.54, 1.807) is 6.20 Å². The molecule has 0 spiro atoms. The van der Waals surface area contributed by atoms with Crippen molar-refractivity contribution >= 4 is 0 Å². The van der Waals surface area contributed by atoms with Crippen LogP contribution in [-0.2, 0) is 13.0 Å². The molecule has 3 heteroatoms. The minimum atomic E-state index is 0.108. The summed E-state index contributed by atoms with van der Waals surface area (Å²) in [6, 6.07) is 12.4. The molecule has 0 saturated heterocycles. The highest BCUT2D eigenvalue weighted by Gasteiger charge is 2.03. The molecule has 0 saturated carbocycles. The van der Waals surface area contributed by atoms with Crippen LogP contribution < -0.4 is 5.32 Å². The second-order valence-electron chi connectivity index (χ2n) is 4.69. The van der Waals surface area contributed by atoms with E-state index >= 15 is 0 Å². The first-order valence-electron chi connectivity index (χ1n) is 6.61. The van der Waals surface area contributed by atoms with Crippen LogP contribution in [-0.4, -0.2) is 16.6 Å². The highest BCUT2D eigenvalue weighted by Crippen LogP contribution is 2.10. The van der Waals surface area contributed by atoms with E-state index in [1.165, 1.54) is 11.1 Å². The first kappa shape index (κ1) is 13.7. The zero-order valence-electron chi connectivity index (χ0n) is 11.2. The molecule has 1 aromatic heterocycles. The average molecular weight is 256 g/mol. The maximum atomic E-state index is 8.99. The van der Waals surface area contributed by atoms with E-state index in [0.29, 0.717) is 6.04 Å². The summed E-state index contributed by atoms with van der Waals surface area (Å²) in [7, 11) is 0. The number of rotatable bonds is 6. The van der Waals surface area contributed by atoms with E-state index in [9.17, 15) is 0 Å². The van der Waals surface area contributed by atoms with Gasteiger partial charge in [-0.3, -0.25) is 4.98 Å². The smallest absolute Gasteiger partial charge is 0.0681 e. The molecule has 0 aliphatic heterocycles. The molecule has 3 nitrogen and oxygen atoms in total. The summed E-state index contributed by atoms with van der Waals surface area (Å²) in [5, 5.41) is 12.5. The van der Waals surface area contributed by atoms with Crippen molar-refractivity contribution < 1.29 is 5.11 Å². The normalized spacial score (nSPS) is 12.3. The lowest BCUT2D eigenvalue weighted by molar-refractivity contribution is 0.282. The molecule has 2 N–H and O–H groups in total. The molecule has 0 radical (unpaired) electrons. The van der Waals surface area contributed by atoms with Crippen molar-refractivity contribution in [3.8, 4) is 0 Å². The Labute approximate surface area is 114 Å². The fourth-order valence-corrected chi connectivity index (χ4v) is 1.99. The van der Waals surface area contributed by atoms with Crippen molar-refractivity contribution in [2.75, 3.05) is 6.54 Å². The van der Waals surface area contributed by atoms with E-state index in [4.69, 9.17) is 5.11 Å². The minimum Gasteiger partial charge on any atom is -0.392 e. The number of nitrogens with zero attached hydrogens (tertiary/aromatic N) is 1. The Kier molecular flexibility index (Phi) is 5.07. The number of aromatic nitrogens is 1. The van der Waals surface area contributed by atoms with Crippen LogP contribution in [0.1, 0.15) is 29.7 Å². The third-order valence-electron chi connectivity index (χ3n) is 3.25. The zero-order valence-corrected chi connectivity index (χ0v) is 11.2. The second kappa shape index (κ2) is 7.02. The fraction of sp³-hybridized carbons (Fsp3) is 0.312. The molecule has 0 fully saturated rings. The lowest BCUT2D eigenvalue weighted by Crippen LogP contribution is -2.21. The predicted molar refractivity (Wildman–Crippen MR) is 76.7 cm³/mol. The average Bonchev–Trinajstić information content (AvgIpc) is 2.49. The molecule has 100 valence electrons. The van der Waals surface area contributed by atoms with Crippen LogP contribution in [0.4, 0.5) is 0 Å². The third-order valence-corrected chi connectivity index (χ3v) is 3.25. The van der Waals surface area contributed by atoms with Crippen molar-refractivity contribution in [1.82, 2.24) is 10.3 Å². The van der Waals surface area contributed by atoms with Gasteiger partial charge in [0.05, 0.1) is 6.61 Å². The molecule has 2 rings (SSSR count). The van der Waals surface area contributed by atoms with E-state index in [2.05, 4.69) is 35.4 Å². The molecule has 1 unspecified atom stereocenters. The molecular formula is C16H20N2O. The third kappa shape index (κ3) is 4.16. The Hall–Kier alpha value is -1.71. The van der Waals surface area contributed by atoms with Crippen molar-refractivity contribution in [1.29, 1.82) is 0 Å². The van der Waals surface area contributed by atoms with E-state index in [1.807, 2.05) is 24.4 Å². The lowest BCUT2D eigenvalue weighted by Gasteiger charge is -2.13. The van der Waals surface area contributed by atoms with Crippen molar-refractivity contribution in [2.24, 2.45) is 0 Å². The van der Waals surface area contributed by atoms with Crippen molar-refractivity contribution in [2.45, 2.75) is 26.0 Å². The molecule has 2 aromatic rings. The molecule has 19 heavy (non-hydrogen) atoms. The maximum Gasteiger partial charge on any atom is 0.0681 e. The van der Waals surface area contributed by atoms with E-state index in [0.717, 1.165) is 18.5 Å². The lowest BCUT2D eigenvalue weighted by atomic mass is 10.1. The van der Waals surface area contributed by atoms with Gasteiger partial charge in [0.25, 0.3) is 0 Å². The Morgan fingerprint density at radius 2 is 1.89 bits per heavy atom. The van der Waals surface area contributed by atoms with Crippen LogP contribution in [0.25, 0.3) is 0 Å². The summed E-state index contributed by atoms with van der Waals surface area (Å²) in [6.07, 6.45) is 4.67. The van der Waals surface area contributed by atoms with Gasteiger partial charge in [-0.15, -0.1) is 0 Å². The number of aliphatic hydroxyl groups is 1. The topological polar surface area (TPSA) is 45.1 Å². The molecule has 1 atom stereocenters. The van der Waals surface area contributed by atoms with Crippen LogP contribution >= 0.6 is 0 Å². The summed E-state index contributed by atoms with van der Waals surface area (Å²) in [6.45, 7) is 3.18. The molecular weight excluding hydrogens is 236 g/mol. The van der Waals surface area contributed by atoms with Gasteiger partial charge in [-0.1, -0.05) is 30.3 Å². The molecule has 0 aliphatic carbocycles. The number of aliphatic hydroxyl groups excluding tert-OH is 1. The SMILES string of the molecule is CC(NCCc1ccc(CO)cc1)c1cccnc1. The zero-order chi connectivity index (χ0) is 13.5. The van der Waals surface area contributed by atoms with Crippen molar-refractivity contribution in [3.05, 3.63) is 65.5 Å². The van der Waals surface area contributed by atoms with Crippen LogP contribution in [0.2, 0.25) is 0 Å². The van der Waals surface area contributed by atoms with Crippen LogP contribution in [0.15, 0.2) is 48.8 Å². The quantitative estimate of drug-likeness (QED) is 0.834. The predicted octanol–water partition coefficient (Wildman–Crippen LogP) is 2.47. The van der Waals surface area contributed by atoms with E-state index in [-0.39, 0.29) is 6.61 Å². The first-order chi connectivity index (χ1) is 9.29. The fourth-order valence-electron chi connectivity index (χ4n) is 1.99. The van der Waals surface area contributed by atoms with Gasteiger partial charge in [-0.2, -0.15) is 0 Å². The van der Waals surface area contributed by atoms with Gasteiger partial charge >= 0.3 is 0 Å². The highest BCUT2D eigenvalue weighted by molar-refractivity contribution is 5.22. The van der Waals surface area contributed by atoms with Gasteiger partial charge in [0.2, 0.25) is 0 Å². The van der Waals surface area contributed by atoms with Crippen LogP contribution in [0.3, 0.4) is 0 Å². The minimum absolute atomic E-state index is 0.108. The molecule has 0 amide bonds. The molecule has 1 heterocycles. The Morgan fingerprint density at radius 3 is 2.53 bits per heavy atom. The summed E-state index contributed by atoms with van der Waals surface area (Å²) in [5.74, 6) is 0. The van der Waals surface area contributed by atoms with E-state index < -0.39 is 0 Å². The summed E-state index contributed by atoms with van der Waals surface area (Å²) in [4.78, 5) is 4.13. The number of benzene rings is 1. The first-order valence-corrected chi connectivity index (χ1v) is 6.61. The van der Waals surface area contributed by atoms with Crippen LogP contribution in [0, 0.1) is 0 Å². The monoisotopic (exact) mass is 256 g/mol. The largest absolute Gasteiger partial charge is 0.392 e. The number of hydrogen-bond acceptors (Lipinski definition) is 3. The standard InChI is InChI=1S/C16H20N2O/c1-13(16-3-2-9-17-11-16)18-10-8-14-4-6-15(12-19)7-5-14/h2-7,9,11,13,18-19H,8,10,12H2,1H3. The Bertz CT molecular complexity index is 482. The van der Waals surface area contributed by atoms with Gasteiger partial charge in [-0.25, -0.2) is 0 Å². The molecule has 0 bridgehead atoms. The van der Waals surface area contributed by atoms with Gasteiger partial charge in [0, 0.05) is 18.4 Å².